The van der Waals surface area contributed by atoms with Gasteiger partial charge in [0.15, 0.2) is 0 Å². The molecule has 0 aliphatic heterocycles. The van der Waals surface area contributed by atoms with Crippen LogP contribution in [0.5, 0.6) is 0 Å². The zero-order valence-electron chi connectivity index (χ0n) is 9.19. The van der Waals surface area contributed by atoms with Crippen molar-refractivity contribution < 1.29 is 0 Å². The third-order valence-corrected chi connectivity index (χ3v) is 3.12. The van der Waals surface area contributed by atoms with E-state index < -0.39 is 0 Å². The van der Waals surface area contributed by atoms with Crippen LogP contribution in [0.15, 0.2) is 17.3 Å². The van der Waals surface area contributed by atoms with Crippen molar-refractivity contribution in [3.05, 3.63) is 18.0 Å². The second kappa shape index (κ2) is 4.47. The van der Waals surface area contributed by atoms with Crippen molar-refractivity contribution in [2.75, 3.05) is 0 Å². The molecule has 1 aliphatic carbocycles. The van der Waals surface area contributed by atoms with Gasteiger partial charge in [0.05, 0.1) is 18.1 Å². The first-order chi connectivity index (χ1) is 7.27. The van der Waals surface area contributed by atoms with Gasteiger partial charge in [-0.05, 0) is 18.9 Å². The van der Waals surface area contributed by atoms with Crippen molar-refractivity contribution in [1.29, 1.82) is 0 Å². The molecule has 1 aromatic heterocycles. The highest BCUT2D eigenvalue weighted by Crippen LogP contribution is 2.24. The fraction of sp³-hybridized carbons (Fsp3) is 0.636. The number of amidine groups is 1. The van der Waals surface area contributed by atoms with Gasteiger partial charge in [0.25, 0.3) is 0 Å². The van der Waals surface area contributed by atoms with Crippen LogP contribution in [0.4, 0.5) is 0 Å². The maximum absolute atomic E-state index is 5.97. The fourth-order valence-corrected chi connectivity index (χ4v) is 2.08. The minimum atomic E-state index is 0.526. The quantitative estimate of drug-likeness (QED) is 0.601. The average molecular weight is 206 g/mol. The van der Waals surface area contributed by atoms with Crippen molar-refractivity contribution in [1.82, 2.24) is 9.78 Å². The minimum Gasteiger partial charge on any atom is -0.387 e. The topological polar surface area (TPSA) is 56.2 Å². The molecule has 0 radical (unpaired) electrons. The molecule has 4 nitrogen and oxygen atoms in total. The van der Waals surface area contributed by atoms with E-state index in [0.717, 1.165) is 11.5 Å². The van der Waals surface area contributed by atoms with Gasteiger partial charge in [-0.15, -0.1) is 0 Å². The fourth-order valence-electron chi connectivity index (χ4n) is 2.08. The van der Waals surface area contributed by atoms with Gasteiger partial charge in [0.2, 0.25) is 0 Å². The van der Waals surface area contributed by atoms with Crippen LogP contribution in [0, 0.1) is 5.92 Å². The van der Waals surface area contributed by atoms with Gasteiger partial charge in [-0.1, -0.05) is 12.8 Å². The zero-order chi connectivity index (χ0) is 10.7. The first-order valence-electron chi connectivity index (χ1n) is 5.54. The second-order valence-corrected chi connectivity index (χ2v) is 4.17. The summed E-state index contributed by atoms with van der Waals surface area (Å²) in [5, 5.41) is 4.10. The van der Waals surface area contributed by atoms with Crippen LogP contribution in [-0.4, -0.2) is 15.6 Å². The average Bonchev–Trinajstić information content (AvgIpc) is 2.85. The van der Waals surface area contributed by atoms with Gasteiger partial charge in [0, 0.05) is 19.2 Å². The molecule has 0 aromatic carbocycles. The van der Waals surface area contributed by atoms with Gasteiger partial charge < -0.3 is 5.73 Å². The van der Waals surface area contributed by atoms with Crippen LogP contribution in [0.2, 0.25) is 0 Å². The van der Waals surface area contributed by atoms with E-state index in [1.165, 1.54) is 25.7 Å². The number of aliphatic imine (C=N–C) groups is 1. The van der Waals surface area contributed by atoms with Crippen molar-refractivity contribution in [3.8, 4) is 0 Å². The summed E-state index contributed by atoms with van der Waals surface area (Å²) in [6.07, 6.45) is 6.80. The lowest BCUT2D eigenvalue weighted by molar-refractivity contribution is 0.694. The summed E-state index contributed by atoms with van der Waals surface area (Å²) in [6.45, 7) is 0.652. The summed E-state index contributed by atoms with van der Waals surface area (Å²) >= 11 is 0. The SMILES string of the molecule is Cn1nccc1CN=C(N)C1CCCC1. The highest BCUT2D eigenvalue weighted by atomic mass is 15.3. The molecule has 0 spiro atoms. The van der Waals surface area contributed by atoms with Crippen LogP contribution < -0.4 is 5.73 Å². The van der Waals surface area contributed by atoms with Gasteiger partial charge in [-0.2, -0.15) is 5.10 Å². The summed E-state index contributed by atoms with van der Waals surface area (Å²) in [6, 6.07) is 1.98. The van der Waals surface area contributed by atoms with Crippen LogP contribution in [0.25, 0.3) is 0 Å². The molecular formula is C11H18N4. The van der Waals surface area contributed by atoms with Gasteiger partial charge in [-0.3, -0.25) is 9.67 Å². The molecule has 2 rings (SSSR count). The standard InChI is InChI=1S/C11H18N4/c1-15-10(6-7-14-15)8-13-11(12)9-4-2-3-5-9/h6-7,9H,2-5,8H2,1H3,(H2,12,13). The number of nitrogens with zero attached hydrogens (tertiary/aromatic N) is 3. The summed E-state index contributed by atoms with van der Waals surface area (Å²) in [5.74, 6) is 1.35. The second-order valence-electron chi connectivity index (χ2n) is 4.17. The Kier molecular flexibility index (Phi) is 3.04. The Bertz CT molecular complexity index is 347. The maximum Gasteiger partial charge on any atom is 0.0973 e. The maximum atomic E-state index is 5.97. The van der Waals surface area contributed by atoms with Crippen molar-refractivity contribution in [2.24, 2.45) is 23.7 Å². The largest absolute Gasteiger partial charge is 0.387 e. The Balaban J connectivity index is 1.95. The summed E-state index contributed by atoms with van der Waals surface area (Å²) in [7, 11) is 1.93. The van der Waals surface area contributed by atoms with E-state index in [1.807, 2.05) is 17.8 Å². The molecule has 0 saturated heterocycles. The van der Waals surface area contributed by atoms with Crippen molar-refractivity contribution >= 4 is 5.84 Å². The molecule has 0 amide bonds. The Morgan fingerprint density at radius 2 is 2.33 bits per heavy atom. The van der Waals surface area contributed by atoms with E-state index in [1.54, 1.807) is 6.20 Å². The van der Waals surface area contributed by atoms with Crippen LogP contribution >= 0.6 is 0 Å². The zero-order valence-corrected chi connectivity index (χ0v) is 9.19. The molecule has 1 fully saturated rings. The lowest BCUT2D eigenvalue weighted by atomic mass is 10.1. The number of aryl methyl sites for hydroxylation is 1. The molecule has 1 aromatic rings. The first-order valence-corrected chi connectivity index (χ1v) is 5.54. The van der Waals surface area contributed by atoms with E-state index in [-0.39, 0.29) is 0 Å². The monoisotopic (exact) mass is 206 g/mol. The lowest BCUT2D eigenvalue weighted by Gasteiger charge is -2.07. The number of rotatable bonds is 3. The van der Waals surface area contributed by atoms with Crippen LogP contribution in [0.3, 0.4) is 0 Å². The molecular weight excluding hydrogens is 188 g/mol. The smallest absolute Gasteiger partial charge is 0.0973 e. The Labute approximate surface area is 90.2 Å². The summed E-state index contributed by atoms with van der Waals surface area (Å²) < 4.78 is 1.84. The highest BCUT2D eigenvalue weighted by Gasteiger charge is 2.18. The van der Waals surface area contributed by atoms with E-state index in [9.17, 15) is 0 Å². The molecule has 0 bridgehead atoms. The number of aromatic nitrogens is 2. The van der Waals surface area contributed by atoms with E-state index in [0.29, 0.717) is 12.5 Å². The Hall–Kier alpha value is -1.32. The van der Waals surface area contributed by atoms with E-state index in [2.05, 4.69) is 10.1 Å². The first kappa shape index (κ1) is 10.2. The molecule has 1 aliphatic rings. The number of hydrogen-bond donors (Lipinski definition) is 1. The lowest BCUT2D eigenvalue weighted by Crippen LogP contribution is -2.21. The number of hydrogen-bond acceptors (Lipinski definition) is 2. The van der Waals surface area contributed by atoms with E-state index in [4.69, 9.17) is 5.73 Å². The van der Waals surface area contributed by atoms with Crippen molar-refractivity contribution in [2.45, 2.75) is 32.2 Å². The molecule has 82 valence electrons. The highest BCUT2D eigenvalue weighted by molar-refractivity contribution is 5.83. The molecule has 2 N–H and O–H groups in total. The minimum absolute atomic E-state index is 0.526. The Morgan fingerprint density at radius 1 is 1.60 bits per heavy atom. The third-order valence-electron chi connectivity index (χ3n) is 3.12. The predicted octanol–water partition coefficient (Wildman–Crippen LogP) is 1.47. The predicted molar refractivity (Wildman–Crippen MR) is 60.5 cm³/mol. The van der Waals surface area contributed by atoms with Crippen LogP contribution in [0.1, 0.15) is 31.4 Å². The van der Waals surface area contributed by atoms with Gasteiger partial charge in [0.1, 0.15) is 0 Å². The number of nitrogens with two attached hydrogens (primary N) is 1. The summed E-state index contributed by atoms with van der Waals surface area (Å²) in [4.78, 5) is 4.44. The summed E-state index contributed by atoms with van der Waals surface area (Å²) in [5.41, 5.74) is 7.07. The van der Waals surface area contributed by atoms with Gasteiger partial charge >= 0.3 is 0 Å². The molecule has 4 heteroatoms. The Morgan fingerprint density at radius 3 is 2.93 bits per heavy atom. The third kappa shape index (κ3) is 2.37. The van der Waals surface area contributed by atoms with E-state index >= 15 is 0 Å². The molecule has 0 unspecified atom stereocenters. The van der Waals surface area contributed by atoms with Gasteiger partial charge in [-0.25, -0.2) is 0 Å². The molecule has 0 atom stereocenters. The molecule has 15 heavy (non-hydrogen) atoms. The normalized spacial score (nSPS) is 18.6. The molecule has 1 heterocycles. The van der Waals surface area contributed by atoms with Crippen LogP contribution in [-0.2, 0) is 13.6 Å². The van der Waals surface area contributed by atoms with Crippen molar-refractivity contribution in [3.63, 3.8) is 0 Å². The molecule has 1 saturated carbocycles.